The summed E-state index contributed by atoms with van der Waals surface area (Å²) in [4.78, 5) is 17.1. The van der Waals surface area contributed by atoms with Crippen molar-refractivity contribution in [3.63, 3.8) is 0 Å². The Hall–Kier alpha value is -3.67. The molecule has 0 saturated carbocycles. The molecule has 4 aromatic rings. The van der Waals surface area contributed by atoms with Gasteiger partial charge in [-0.3, -0.25) is 14.9 Å². The van der Waals surface area contributed by atoms with E-state index in [1.54, 1.807) is 18.5 Å². The first-order chi connectivity index (χ1) is 13.6. The minimum absolute atomic E-state index is 0.210. The highest BCUT2D eigenvalue weighted by Gasteiger charge is 2.21. The van der Waals surface area contributed by atoms with Crippen LogP contribution in [0.1, 0.15) is 33.2 Å². The van der Waals surface area contributed by atoms with E-state index in [0.29, 0.717) is 5.69 Å². The van der Waals surface area contributed by atoms with E-state index in [1.807, 2.05) is 73.3 Å². The van der Waals surface area contributed by atoms with Crippen molar-refractivity contribution >= 4 is 5.91 Å². The molecule has 28 heavy (non-hydrogen) atoms. The lowest BCUT2D eigenvalue weighted by atomic mass is 9.95. The Kier molecular flexibility index (Phi) is 4.76. The molecule has 0 fully saturated rings. The quantitative estimate of drug-likeness (QED) is 0.562. The molecular formula is C22H21N5O. The molecule has 6 heteroatoms. The van der Waals surface area contributed by atoms with Crippen LogP contribution in [-0.2, 0) is 7.05 Å². The van der Waals surface area contributed by atoms with Crippen LogP contribution in [0.4, 0.5) is 0 Å². The van der Waals surface area contributed by atoms with Gasteiger partial charge in [0.2, 0.25) is 0 Å². The average molecular weight is 371 g/mol. The van der Waals surface area contributed by atoms with Gasteiger partial charge in [-0.05, 0) is 53.9 Å². The molecule has 4 rings (SSSR count). The number of aryl methyl sites for hydroxylation is 2. The molecule has 0 aliphatic heterocycles. The summed E-state index contributed by atoms with van der Waals surface area (Å²) in [6.45, 7) is 2.04. The van der Waals surface area contributed by atoms with Crippen molar-refractivity contribution in [3.05, 3.63) is 95.6 Å². The zero-order valence-electron chi connectivity index (χ0n) is 15.8. The second kappa shape index (κ2) is 7.52. The summed E-state index contributed by atoms with van der Waals surface area (Å²) in [5, 5.41) is 10.3. The standard InChI is InChI=1S/C22H21N5O/c1-15-6-3-4-7-17(15)21(16-9-11-23-12-10-16)24-22(28)19-14-18(25-26-19)20-8-5-13-27(20)2/h3-14,21H,1-2H3,(H,24,28)(H,25,26)/t21-/m0/s1. The molecule has 2 N–H and O–H groups in total. The third-order valence-corrected chi connectivity index (χ3v) is 4.84. The number of carbonyl (C=O) groups is 1. The van der Waals surface area contributed by atoms with Crippen molar-refractivity contribution in [2.45, 2.75) is 13.0 Å². The topological polar surface area (TPSA) is 75.6 Å². The maximum Gasteiger partial charge on any atom is 0.270 e. The predicted octanol–water partition coefficient (Wildman–Crippen LogP) is 3.64. The van der Waals surface area contributed by atoms with Gasteiger partial charge in [-0.25, -0.2) is 0 Å². The van der Waals surface area contributed by atoms with Crippen LogP contribution in [0.2, 0.25) is 0 Å². The summed E-state index contributed by atoms with van der Waals surface area (Å²) in [6.07, 6.45) is 5.41. The van der Waals surface area contributed by atoms with Crippen LogP contribution in [0, 0.1) is 6.92 Å². The molecule has 0 saturated heterocycles. The number of nitrogens with zero attached hydrogens (tertiary/aromatic N) is 3. The molecule has 1 aromatic carbocycles. The minimum atomic E-state index is -0.279. The first-order valence-corrected chi connectivity index (χ1v) is 9.07. The van der Waals surface area contributed by atoms with Crippen molar-refractivity contribution < 1.29 is 4.79 Å². The molecule has 6 nitrogen and oxygen atoms in total. The zero-order valence-corrected chi connectivity index (χ0v) is 15.8. The number of aromatic nitrogens is 4. The van der Waals surface area contributed by atoms with Crippen LogP contribution in [0.3, 0.4) is 0 Å². The SMILES string of the molecule is Cc1ccccc1[C@@H](NC(=O)c1cc(-c2cccn2C)n[nH]1)c1ccncc1. The maximum atomic E-state index is 13.0. The van der Waals surface area contributed by atoms with Gasteiger partial charge < -0.3 is 9.88 Å². The highest BCUT2D eigenvalue weighted by Crippen LogP contribution is 2.25. The summed E-state index contributed by atoms with van der Waals surface area (Å²) in [7, 11) is 1.95. The summed E-state index contributed by atoms with van der Waals surface area (Å²) < 4.78 is 1.96. The smallest absolute Gasteiger partial charge is 0.270 e. The summed E-state index contributed by atoms with van der Waals surface area (Å²) in [5.74, 6) is -0.210. The number of aromatic amines is 1. The van der Waals surface area contributed by atoms with Gasteiger partial charge in [-0.1, -0.05) is 24.3 Å². The van der Waals surface area contributed by atoms with E-state index >= 15 is 0 Å². The average Bonchev–Trinajstić information content (AvgIpc) is 3.36. The van der Waals surface area contributed by atoms with Gasteiger partial charge in [0.15, 0.2) is 0 Å². The predicted molar refractivity (Wildman–Crippen MR) is 108 cm³/mol. The van der Waals surface area contributed by atoms with Crippen molar-refractivity contribution in [2.75, 3.05) is 0 Å². The summed E-state index contributed by atoms with van der Waals surface area (Å²) >= 11 is 0. The lowest BCUT2D eigenvalue weighted by Crippen LogP contribution is -2.30. The van der Waals surface area contributed by atoms with Crippen LogP contribution in [0.15, 0.2) is 73.2 Å². The van der Waals surface area contributed by atoms with E-state index in [9.17, 15) is 4.79 Å². The van der Waals surface area contributed by atoms with Gasteiger partial charge in [-0.15, -0.1) is 0 Å². The summed E-state index contributed by atoms with van der Waals surface area (Å²) in [6, 6.07) is 17.3. The van der Waals surface area contributed by atoms with Crippen LogP contribution < -0.4 is 5.32 Å². The molecule has 1 atom stereocenters. The molecule has 0 bridgehead atoms. The Labute approximate surface area is 163 Å². The van der Waals surface area contributed by atoms with Crippen molar-refractivity contribution in [1.29, 1.82) is 0 Å². The number of amides is 1. The van der Waals surface area contributed by atoms with Gasteiger partial charge in [0.25, 0.3) is 5.91 Å². The molecular weight excluding hydrogens is 350 g/mol. The Morgan fingerprint density at radius 3 is 2.61 bits per heavy atom. The normalized spacial score (nSPS) is 11.9. The Bertz CT molecular complexity index is 1100. The van der Waals surface area contributed by atoms with Crippen LogP contribution in [-0.4, -0.2) is 25.7 Å². The zero-order chi connectivity index (χ0) is 19.5. The Balaban J connectivity index is 1.64. The van der Waals surface area contributed by atoms with Crippen LogP contribution in [0.25, 0.3) is 11.4 Å². The summed E-state index contributed by atoms with van der Waals surface area (Å²) in [5.41, 5.74) is 5.22. The lowest BCUT2D eigenvalue weighted by molar-refractivity contribution is 0.0938. The molecule has 0 unspecified atom stereocenters. The number of hydrogen-bond acceptors (Lipinski definition) is 3. The fraction of sp³-hybridized carbons (Fsp3) is 0.136. The Morgan fingerprint density at radius 1 is 1.11 bits per heavy atom. The third kappa shape index (κ3) is 3.44. The van der Waals surface area contributed by atoms with E-state index < -0.39 is 0 Å². The van der Waals surface area contributed by atoms with Crippen molar-refractivity contribution in [2.24, 2.45) is 7.05 Å². The monoisotopic (exact) mass is 371 g/mol. The maximum absolute atomic E-state index is 13.0. The van der Waals surface area contributed by atoms with E-state index in [2.05, 4.69) is 20.5 Å². The van der Waals surface area contributed by atoms with Crippen molar-refractivity contribution in [3.8, 4) is 11.4 Å². The minimum Gasteiger partial charge on any atom is -0.349 e. The second-order valence-electron chi connectivity index (χ2n) is 6.71. The van der Waals surface area contributed by atoms with Gasteiger partial charge >= 0.3 is 0 Å². The first-order valence-electron chi connectivity index (χ1n) is 9.07. The lowest BCUT2D eigenvalue weighted by Gasteiger charge is -2.21. The third-order valence-electron chi connectivity index (χ3n) is 4.84. The van der Waals surface area contributed by atoms with E-state index in [4.69, 9.17) is 0 Å². The fourth-order valence-corrected chi connectivity index (χ4v) is 3.31. The van der Waals surface area contributed by atoms with Crippen LogP contribution in [0.5, 0.6) is 0 Å². The molecule has 3 aromatic heterocycles. The molecule has 0 radical (unpaired) electrons. The number of hydrogen-bond donors (Lipinski definition) is 2. The molecule has 0 aliphatic rings. The van der Waals surface area contributed by atoms with Crippen molar-refractivity contribution in [1.82, 2.24) is 25.1 Å². The Morgan fingerprint density at radius 2 is 1.89 bits per heavy atom. The highest BCUT2D eigenvalue weighted by atomic mass is 16.2. The van der Waals surface area contributed by atoms with E-state index in [1.165, 1.54) is 0 Å². The van der Waals surface area contributed by atoms with E-state index in [-0.39, 0.29) is 11.9 Å². The van der Waals surface area contributed by atoms with Gasteiger partial charge in [0.1, 0.15) is 11.4 Å². The number of nitrogens with one attached hydrogen (secondary N) is 2. The van der Waals surface area contributed by atoms with Crippen LogP contribution >= 0.6 is 0 Å². The number of benzene rings is 1. The largest absolute Gasteiger partial charge is 0.349 e. The number of rotatable bonds is 5. The fourth-order valence-electron chi connectivity index (χ4n) is 3.31. The highest BCUT2D eigenvalue weighted by molar-refractivity contribution is 5.93. The first kappa shape index (κ1) is 17.7. The number of pyridine rings is 1. The number of carbonyl (C=O) groups excluding carboxylic acids is 1. The van der Waals surface area contributed by atoms with E-state index in [0.717, 1.165) is 28.1 Å². The number of H-pyrrole nitrogens is 1. The molecule has 0 spiro atoms. The van der Waals surface area contributed by atoms with Gasteiger partial charge in [0, 0.05) is 25.6 Å². The van der Waals surface area contributed by atoms with Gasteiger partial charge in [0.05, 0.1) is 11.7 Å². The second-order valence-corrected chi connectivity index (χ2v) is 6.71. The molecule has 3 heterocycles. The van der Waals surface area contributed by atoms with Gasteiger partial charge in [-0.2, -0.15) is 5.10 Å². The molecule has 1 amide bonds. The molecule has 140 valence electrons. The molecule has 0 aliphatic carbocycles.